The molecule has 29 heavy (non-hydrogen) atoms. The van der Waals surface area contributed by atoms with Gasteiger partial charge in [-0.2, -0.15) is 0 Å². The van der Waals surface area contributed by atoms with E-state index in [1.165, 1.54) is 4.90 Å². The summed E-state index contributed by atoms with van der Waals surface area (Å²) in [5.74, 6) is -0.624. The monoisotopic (exact) mass is 410 g/mol. The van der Waals surface area contributed by atoms with Crippen molar-refractivity contribution in [2.45, 2.75) is 33.1 Å². The van der Waals surface area contributed by atoms with Crippen molar-refractivity contribution >= 4 is 40.7 Å². The predicted molar refractivity (Wildman–Crippen MR) is 113 cm³/mol. The lowest BCUT2D eigenvalue weighted by Crippen LogP contribution is -2.31. The van der Waals surface area contributed by atoms with Crippen LogP contribution in [-0.4, -0.2) is 17.7 Å². The highest BCUT2D eigenvalue weighted by Crippen LogP contribution is 2.42. The van der Waals surface area contributed by atoms with E-state index in [1.54, 1.807) is 42.5 Å². The summed E-state index contributed by atoms with van der Waals surface area (Å²) in [5.41, 5.74) is 2.24. The molecule has 1 heterocycles. The number of carbonyl (C=O) groups is 3. The van der Waals surface area contributed by atoms with E-state index in [9.17, 15) is 14.4 Å². The minimum absolute atomic E-state index is 0.143. The van der Waals surface area contributed by atoms with Gasteiger partial charge in [0.25, 0.3) is 5.91 Å². The Morgan fingerprint density at radius 3 is 2.59 bits per heavy atom. The smallest absolute Gasteiger partial charge is 0.255 e. The fourth-order valence-electron chi connectivity index (χ4n) is 4.37. The SMILES string of the molecule is Cc1c(Cl)cccc1NC(=O)c1cccc(N2C(=O)[C@H]3CC[C@H](C)C[C@@H]3C2=O)c1. The molecule has 2 aromatic carbocycles. The Labute approximate surface area is 175 Å². The molecule has 0 aromatic heterocycles. The van der Waals surface area contributed by atoms with Crippen LogP contribution in [0, 0.1) is 24.7 Å². The first-order valence-electron chi connectivity index (χ1n) is 9.91. The summed E-state index contributed by atoms with van der Waals surface area (Å²) >= 11 is 6.12. The zero-order valence-electron chi connectivity index (χ0n) is 16.4. The molecule has 150 valence electrons. The largest absolute Gasteiger partial charge is 0.322 e. The van der Waals surface area contributed by atoms with E-state index >= 15 is 0 Å². The second-order valence-corrected chi connectivity index (χ2v) is 8.47. The van der Waals surface area contributed by atoms with Gasteiger partial charge in [0.1, 0.15) is 0 Å². The number of rotatable bonds is 3. The van der Waals surface area contributed by atoms with E-state index in [2.05, 4.69) is 12.2 Å². The van der Waals surface area contributed by atoms with Crippen LogP contribution in [-0.2, 0) is 9.59 Å². The number of nitrogens with one attached hydrogen (secondary N) is 1. The maximum absolute atomic E-state index is 12.9. The average molecular weight is 411 g/mol. The predicted octanol–water partition coefficient (Wildman–Crippen LogP) is 4.83. The zero-order valence-corrected chi connectivity index (χ0v) is 17.2. The first-order chi connectivity index (χ1) is 13.9. The lowest BCUT2D eigenvalue weighted by atomic mass is 9.76. The molecule has 4 rings (SSSR count). The average Bonchev–Trinajstić information content (AvgIpc) is 2.95. The second kappa shape index (κ2) is 7.64. The van der Waals surface area contributed by atoms with Crippen molar-refractivity contribution < 1.29 is 14.4 Å². The molecular formula is C23H23ClN2O3. The van der Waals surface area contributed by atoms with Gasteiger partial charge in [0.2, 0.25) is 11.8 Å². The molecule has 5 nitrogen and oxygen atoms in total. The lowest BCUT2D eigenvalue weighted by Gasteiger charge is -2.25. The number of benzene rings is 2. The molecular weight excluding hydrogens is 388 g/mol. The summed E-state index contributed by atoms with van der Waals surface area (Å²) in [4.78, 5) is 39.9. The number of hydrogen-bond acceptors (Lipinski definition) is 3. The standard InChI is InChI=1S/C23H23ClN2O3/c1-13-9-10-17-18(11-13)23(29)26(22(17)28)16-6-3-5-15(12-16)21(27)25-20-8-4-7-19(24)14(20)2/h3-8,12-13,17-18H,9-11H2,1-2H3,(H,25,27)/t13-,17-,18-/m0/s1. The highest BCUT2D eigenvalue weighted by atomic mass is 35.5. The Bertz CT molecular complexity index is 1000. The molecule has 6 heteroatoms. The van der Waals surface area contributed by atoms with Crippen LogP contribution in [0.25, 0.3) is 0 Å². The number of halogens is 1. The van der Waals surface area contributed by atoms with Crippen molar-refractivity contribution in [2.24, 2.45) is 17.8 Å². The molecule has 0 unspecified atom stereocenters. The van der Waals surface area contributed by atoms with Crippen molar-refractivity contribution in [3.63, 3.8) is 0 Å². The maximum Gasteiger partial charge on any atom is 0.255 e. The molecule has 2 aliphatic rings. The summed E-state index contributed by atoms with van der Waals surface area (Å²) in [6.07, 6.45) is 2.47. The van der Waals surface area contributed by atoms with Gasteiger partial charge >= 0.3 is 0 Å². The van der Waals surface area contributed by atoms with Gasteiger partial charge in [-0.05, 0) is 68.0 Å². The first kappa shape index (κ1) is 19.6. The number of imide groups is 1. The number of anilines is 2. The van der Waals surface area contributed by atoms with Crippen LogP contribution in [0.4, 0.5) is 11.4 Å². The van der Waals surface area contributed by atoms with Crippen molar-refractivity contribution in [2.75, 3.05) is 10.2 Å². The minimum atomic E-state index is -0.317. The molecule has 1 saturated heterocycles. The van der Waals surface area contributed by atoms with Gasteiger partial charge in [-0.1, -0.05) is 30.7 Å². The van der Waals surface area contributed by atoms with Crippen molar-refractivity contribution in [3.8, 4) is 0 Å². The third kappa shape index (κ3) is 3.55. The molecule has 2 fully saturated rings. The Morgan fingerprint density at radius 1 is 1.07 bits per heavy atom. The lowest BCUT2D eigenvalue weighted by molar-refractivity contribution is -0.122. The van der Waals surface area contributed by atoms with Gasteiger partial charge in [-0.3, -0.25) is 19.3 Å². The van der Waals surface area contributed by atoms with E-state index < -0.39 is 0 Å². The van der Waals surface area contributed by atoms with Gasteiger partial charge in [0.05, 0.1) is 17.5 Å². The Hall–Kier alpha value is -2.66. The van der Waals surface area contributed by atoms with Gasteiger partial charge in [0.15, 0.2) is 0 Å². The summed E-state index contributed by atoms with van der Waals surface area (Å²) in [6, 6.07) is 12.0. The van der Waals surface area contributed by atoms with Gasteiger partial charge in [-0.25, -0.2) is 0 Å². The Balaban J connectivity index is 1.59. The van der Waals surface area contributed by atoms with Crippen molar-refractivity contribution in [1.82, 2.24) is 0 Å². The van der Waals surface area contributed by atoms with E-state index in [4.69, 9.17) is 11.6 Å². The number of carbonyl (C=O) groups excluding carboxylic acids is 3. The van der Waals surface area contributed by atoms with Crippen LogP contribution in [0.2, 0.25) is 5.02 Å². The third-order valence-corrected chi connectivity index (χ3v) is 6.48. The highest BCUT2D eigenvalue weighted by molar-refractivity contribution is 6.31. The fraction of sp³-hybridized carbons (Fsp3) is 0.348. The second-order valence-electron chi connectivity index (χ2n) is 8.06. The van der Waals surface area contributed by atoms with Crippen molar-refractivity contribution in [3.05, 3.63) is 58.6 Å². The van der Waals surface area contributed by atoms with Crippen LogP contribution in [0.1, 0.15) is 42.1 Å². The molecule has 0 spiro atoms. The van der Waals surface area contributed by atoms with E-state index in [0.29, 0.717) is 27.9 Å². The number of fused-ring (bicyclic) bond motifs is 1. The Morgan fingerprint density at radius 2 is 1.79 bits per heavy atom. The van der Waals surface area contributed by atoms with Crippen LogP contribution in [0.5, 0.6) is 0 Å². The van der Waals surface area contributed by atoms with Crippen LogP contribution >= 0.6 is 11.6 Å². The summed E-state index contributed by atoms with van der Waals surface area (Å²) < 4.78 is 0. The van der Waals surface area contributed by atoms with E-state index in [-0.39, 0.29) is 29.6 Å². The van der Waals surface area contributed by atoms with Crippen LogP contribution in [0.3, 0.4) is 0 Å². The highest BCUT2D eigenvalue weighted by Gasteiger charge is 2.50. The first-order valence-corrected chi connectivity index (χ1v) is 10.3. The summed E-state index contributed by atoms with van der Waals surface area (Å²) in [7, 11) is 0. The molecule has 3 amide bonds. The van der Waals surface area contributed by atoms with Gasteiger partial charge in [0, 0.05) is 16.3 Å². The van der Waals surface area contributed by atoms with Gasteiger partial charge in [-0.15, -0.1) is 0 Å². The van der Waals surface area contributed by atoms with E-state index in [0.717, 1.165) is 24.8 Å². The van der Waals surface area contributed by atoms with Crippen LogP contribution in [0.15, 0.2) is 42.5 Å². The number of nitrogens with zero attached hydrogens (tertiary/aromatic N) is 1. The molecule has 3 atom stereocenters. The third-order valence-electron chi connectivity index (χ3n) is 6.07. The van der Waals surface area contributed by atoms with Crippen molar-refractivity contribution in [1.29, 1.82) is 0 Å². The van der Waals surface area contributed by atoms with Gasteiger partial charge < -0.3 is 5.32 Å². The summed E-state index contributed by atoms with van der Waals surface area (Å²) in [5, 5.41) is 3.42. The van der Waals surface area contributed by atoms with E-state index in [1.807, 2.05) is 6.92 Å². The zero-order chi connectivity index (χ0) is 20.7. The maximum atomic E-state index is 12.9. The van der Waals surface area contributed by atoms with Crippen LogP contribution < -0.4 is 10.2 Å². The molecule has 1 saturated carbocycles. The molecule has 1 aliphatic heterocycles. The molecule has 2 aromatic rings. The number of hydrogen-bond donors (Lipinski definition) is 1. The fourth-order valence-corrected chi connectivity index (χ4v) is 4.54. The molecule has 0 bridgehead atoms. The minimum Gasteiger partial charge on any atom is -0.322 e. The number of amides is 3. The quantitative estimate of drug-likeness (QED) is 0.737. The topological polar surface area (TPSA) is 66.5 Å². The molecule has 0 radical (unpaired) electrons. The summed E-state index contributed by atoms with van der Waals surface area (Å²) in [6.45, 7) is 3.96. The molecule has 1 aliphatic carbocycles. The normalized spacial score (nSPS) is 23.8. The molecule has 1 N–H and O–H groups in total. The Kier molecular flexibility index (Phi) is 5.17.